The van der Waals surface area contributed by atoms with Gasteiger partial charge in [0.15, 0.2) is 5.78 Å². The lowest BCUT2D eigenvalue weighted by Crippen LogP contribution is -2.04. The monoisotopic (exact) mass is 214 g/mol. The second kappa shape index (κ2) is 4.75. The minimum Gasteiger partial charge on any atom is -0.337 e. The molecule has 0 spiro atoms. The lowest BCUT2D eigenvalue weighted by Gasteiger charge is -2.02. The number of rotatable bonds is 4. The Hall–Kier alpha value is -1.90. The van der Waals surface area contributed by atoms with Crippen LogP contribution in [0.2, 0.25) is 0 Å². The minimum atomic E-state index is 0.175. The van der Waals surface area contributed by atoms with Crippen molar-refractivity contribution in [1.82, 2.24) is 9.55 Å². The van der Waals surface area contributed by atoms with E-state index in [2.05, 4.69) is 4.98 Å². The zero-order valence-corrected chi connectivity index (χ0v) is 9.26. The lowest BCUT2D eigenvalue weighted by atomic mass is 10.1. The van der Waals surface area contributed by atoms with Crippen LogP contribution in [0.5, 0.6) is 0 Å². The van der Waals surface area contributed by atoms with Crippen molar-refractivity contribution in [1.29, 1.82) is 0 Å². The van der Waals surface area contributed by atoms with Gasteiger partial charge < -0.3 is 4.57 Å². The van der Waals surface area contributed by atoms with Crippen molar-refractivity contribution in [2.45, 2.75) is 19.9 Å². The van der Waals surface area contributed by atoms with Crippen molar-refractivity contribution in [2.24, 2.45) is 0 Å². The Kier molecular flexibility index (Phi) is 3.15. The van der Waals surface area contributed by atoms with Crippen LogP contribution in [0.25, 0.3) is 0 Å². The maximum atomic E-state index is 11.8. The van der Waals surface area contributed by atoms with Crippen LogP contribution < -0.4 is 0 Å². The number of nitrogens with zero attached hydrogens (tertiary/aromatic N) is 2. The summed E-state index contributed by atoms with van der Waals surface area (Å²) in [6, 6.07) is 7.69. The van der Waals surface area contributed by atoms with Gasteiger partial charge in [0.05, 0.1) is 6.33 Å². The average molecular weight is 214 g/mol. The summed E-state index contributed by atoms with van der Waals surface area (Å²) in [6.45, 7) is 2.70. The van der Waals surface area contributed by atoms with E-state index in [0.29, 0.717) is 13.0 Å². The Bertz CT molecular complexity index is 457. The molecule has 2 rings (SSSR count). The normalized spacial score (nSPS) is 10.3. The average Bonchev–Trinajstić information content (AvgIpc) is 2.80. The van der Waals surface area contributed by atoms with Crippen molar-refractivity contribution >= 4 is 5.78 Å². The van der Waals surface area contributed by atoms with Gasteiger partial charge in [-0.25, -0.2) is 4.98 Å². The Labute approximate surface area is 94.7 Å². The molecular weight excluding hydrogens is 200 g/mol. The molecule has 0 bridgehead atoms. The minimum absolute atomic E-state index is 0.175. The van der Waals surface area contributed by atoms with Gasteiger partial charge in [0.2, 0.25) is 0 Å². The molecule has 0 amide bonds. The molecule has 0 N–H and O–H groups in total. The highest BCUT2D eigenvalue weighted by atomic mass is 16.1. The van der Waals surface area contributed by atoms with Gasteiger partial charge in [-0.3, -0.25) is 4.79 Å². The van der Waals surface area contributed by atoms with E-state index in [1.54, 1.807) is 12.5 Å². The smallest absolute Gasteiger partial charge is 0.164 e. The third-order valence-electron chi connectivity index (χ3n) is 2.53. The molecule has 0 saturated carbocycles. The van der Waals surface area contributed by atoms with E-state index < -0.39 is 0 Å². The molecule has 0 aliphatic carbocycles. The fourth-order valence-electron chi connectivity index (χ4n) is 1.53. The largest absolute Gasteiger partial charge is 0.337 e. The molecule has 0 fully saturated rings. The highest BCUT2D eigenvalue weighted by Crippen LogP contribution is 2.06. The van der Waals surface area contributed by atoms with Crippen LogP contribution >= 0.6 is 0 Å². The van der Waals surface area contributed by atoms with Gasteiger partial charge in [-0.1, -0.05) is 29.8 Å². The van der Waals surface area contributed by atoms with Gasteiger partial charge in [0.25, 0.3) is 0 Å². The summed E-state index contributed by atoms with van der Waals surface area (Å²) in [4.78, 5) is 15.8. The number of hydrogen-bond acceptors (Lipinski definition) is 2. The van der Waals surface area contributed by atoms with E-state index in [1.807, 2.05) is 42.0 Å². The molecule has 16 heavy (non-hydrogen) atoms. The molecule has 2 aromatic rings. The predicted molar refractivity (Wildman–Crippen MR) is 62.4 cm³/mol. The van der Waals surface area contributed by atoms with Crippen LogP contribution in [0.15, 0.2) is 43.0 Å². The highest BCUT2D eigenvalue weighted by molar-refractivity contribution is 5.95. The molecule has 0 aliphatic heterocycles. The number of carbonyl (C=O) groups is 1. The molecule has 82 valence electrons. The van der Waals surface area contributed by atoms with E-state index >= 15 is 0 Å². The summed E-state index contributed by atoms with van der Waals surface area (Å²) in [7, 11) is 0. The topological polar surface area (TPSA) is 34.9 Å². The molecule has 1 aromatic heterocycles. The first-order valence-corrected chi connectivity index (χ1v) is 5.31. The Morgan fingerprint density at radius 1 is 1.31 bits per heavy atom. The summed E-state index contributed by atoms with van der Waals surface area (Å²) < 4.78 is 1.91. The summed E-state index contributed by atoms with van der Waals surface area (Å²) in [5.74, 6) is 0.175. The van der Waals surface area contributed by atoms with Gasteiger partial charge in [-0.05, 0) is 6.92 Å². The fraction of sp³-hybridized carbons (Fsp3) is 0.231. The Balaban J connectivity index is 1.95. The number of Topliss-reactive ketones (excluding diaryl/α,β-unsaturated/α-hetero) is 1. The molecule has 0 radical (unpaired) electrons. The van der Waals surface area contributed by atoms with Crippen molar-refractivity contribution in [3.05, 3.63) is 54.1 Å². The number of benzene rings is 1. The summed E-state index contributed by atoms with van der Waals surface area (Å²) in [6.07, 6.45) is 5.82. The SMILES string of the molecule is Cc1ccc(C(=O)CCn2ccnc2)cc1. The zero-order valence-electron chi connectivity index (χ0n) is 9.26. The maximum Gasteiger partial charge on any atom is 0.164 e. The van der Waals surface area contributed by atoms with E-state index in [0.717, 1.165) is 5.56 Å². The van der Waals surface area contributed by atoms with Gasteiger partial charge in [0, 0.05) is 30.9 Å². The molecule has 0 unspecified atom stereocenters. The van der Waals surface area contributed by atoms with Crippen LogP contribution in [0, 0.1) is 6.92 Å². The van der Waals surface area contributed by atoms with E-state index in [4.69, 9.17) is 0 Å². The highest BCUT2D eigenvalue weighted by Gasteiger charge is 2.04. The third-order valence-corrected chi connectivity index (χ3v) is 2.53. The molecule has 3 heteroatoms. The number of imidazole rings is 1. The Morgan fingerprint density at radius 2 is 2.06 bits per heavy atom. The van der Waals surface area contributed by atoms with E-state index in [1.165, 1.54) is 5.56 Å². The van der Waals surface area contributed by atoms with Crippen molar-refractivity contribution in [3.8, 4) is 0 Å². The van der Waals surface area contributed by atoms with Gasteiger partial charge in [-0.2, -0.15) is 0 Å². The number of aryl methyl sites for hydroxylation is 2. The van der Waals surface area contributed by atoms with Crippen molar-refractivity contribution < 1.29 is 4.79 Å². The molecule has 3 nitrogen and oxygen atoms in total. The van der Waals surface area contributed by atoms with Gasteiger partial charge in [-0.15, -0.1) is 0 Å². The van der Waals surface area contributed by atoms with E-state index in [-0.39, 0.29) is 5.78 Å². The van der Waals surface area contributed by atoms with Crippen LogP contribution in [-0.2, 0) is 6.54 Å². The fourth-order valence-corrected chi connectivity index (χ4v) is 1.53. The summed E-state index contributed by atoms with van der Waals surface area (Å²) >= 11 is 0. The molecule has 0 aliphatic rings. The van der Waals surface area contributed by atoms with Crippen LogP contribution in [0.3, 0.4) is 0 Å². The number of ketones is 1. The standard InChI is InChI=1S/C13H14N2O/c1-11-2-4-12(5-3-11)13(16)6-8-15-9-7-14-10-15/h2-5,7,9-10H,6,8H2,1H3. The van der Waals surface area contributed by atoms with Crippen LogP contribution in [0.1, 0.15) is 22.3 Å². The van der Waals surface area contributed by atoms with Crippen LogP contribution in [-0.4, -0.2) is 15.3 Å². The third kappa shape index (κ3) is 2.57. The van der Waals surface area contributed by atoms with Crippen LogP contribution in [0.4, 0.5) is 0 Å². The predicted octanol–water partition coefficient (Wildman–Crippen LogP) is 2.46. The summed E-state index contributed by atoms with van der Waals surface area (Å²) in [5, 5.41) is 0. The number of aromatic nitrogens is 2. The first-order chi connectivity index (χ1) is 7.75. The molecule has 0 saturated heterocycles. The number of hydrogen-bond donors (Lipinski definition) is 0. The van der Waals surface area contributed by atoms with Gasteiger partial charge >= 0.3 is 0 Å². The molecule has 1 aromatic carbocycles. The molecule has 0 atom stereocenters. The molecule has 1 heterocycles. The molecular formula is C13H14N2O. The first-order valence-electron chi connectivity index (χ1n) is 5.31. The second-order valence-corrected chi connectivity index (χ2v) is 3.84. The van der Waals surface area contributed by atoms with Gasteiger partial charge in [0.1, 0.15) is 0 Å². The maximum absolute atomic E-state index is 11.8. The lowest BCUT2D eigenvalue weighted by molar-refractivity contribution is 0.0977. The van der Waals surface area contributed by atoms with Crippen molar-refractivity contribution in [3.63, 3.8) is 0 Å². The quantitative estimate of drug-likeness (QED) is 0.733. The first kappa shape index (κ1) is 10.6. The number of carbonyl (C=O) groups excluding carboxylic acids is 1. The van der Waals surface area contributed by atoms with Crippen molar-refractivity contribution in [2.75, 3.05) is 0 Å². The van der Waals surface area contributed by atoms with E-state index in [9.17, 15) is 4.79 Å². The second-order valence-electron chi connectivity index (χ2n) is 3.84. The zero-order chi connectivity index (χ0) is 11.4. The Morgan fingerprint density at radius 3 is 2.69 bits per heavy atom. The summed E-state index contributed by atoms with van der Waals surface area (Å²) in [5.41, 5.74) is 1.96.